The molecule has 1 aliphatic rings. The minimum absolute atomic E-state index is 0.340. The summed E-state index contributed by atoms with van der Waals surface area (Å²) in [6.07, 6.45) is 14.7. The van der Waals surface area contributed by atoms with Crippen LogP contribution in [0.15, 0.2) is 59.6 Å². The van der Waals surface area contributed by atoms with Crippen LogP contribution >= 0.6 is 11.8 Å². The molecular weight excluding hydrogens is 284 g/mol. The number of hydrogen-bond donors (Lipinski definition) is 0. The molecule has 0 fully saturated rings. The summed E-state index contributed by atoms with van der Waals surface area (Å²) in [7, 11) is 0. The van der Waals surface area contributed by atoms with Gasteiger partial charge >= 0.3 is 0 Å². The van der Waals surface area contributed by atoms with E-state index < -0.39 is 0 Å². The Morgan fingerprint density at radius 3 is 2.77 bits per heavy atom. The highest BCUT2D eigenvalue weighted by Gasteiger charge is 2.20. The Hall–Kier alpha value is -1.47. The Bertz CT molecular complexity index is 617. The van der Waals surface area contributed by atoms with E-state index in [1.165, 1.54) is 27.2 Å². The molecule has 0 aromatic heterocycles. The van der Waals surface area contributed by atoms with Crippen LogP contribution in [0, 0.1) is 0 Å². The first-order valence-corrected chi connectivity index (χ1v) is 8.98. The molecule has 0 saturated heterocycles. The third-order valence-electron chi connectivity index (χ3n) is 3.87. The van der Waals surface area contributed by atoms with Crippen molar-refractivity contribution >= 4 is 17.8 Å². The van der Waals surface area contributed by atoms with Gasteiger partial charge in [0.25, 0.3) is 0 Å². The first-order valence-electron chi connectivity index (χ1n) is 8.10. The maximum Gasteiger partial charge on any atom is 0.0593 e. The van der Waals surface area contributed by atoms with E-state index in [4.69, 9.17) is 0 Å². The minimum atomic E-state index is 0.340. The van der Waals surface area contributed by atoms with E-state index in [0.717, 1.165) is 19.3 Å². The lowest BCUT2D eigenvalue weighted by molar-refractivity contribution is 0.983. The maximum absolute atomic E-state index is 4.13. The third-order valence-corrected chi connectivity index (χ3v) is 5.04. The van der Waals surface area contributed by atoms with Crippen LogP contribution in [0.5, 0.6) is 0 Å². The first kappa shape index (κ1) is 16.9. The molecule has 1 unspecified atom stereocenters. The van der Waals surface area contributed by atoms with Crippen molar-refractivity contribution in [3.63, 3.8) is 0 Å². The van der Waals surface area contributed by atoms with Crippen LogP contribution in [-0.2, 0) is 6.42 Å². The fourth-order valence-electron chi connectivity index (χ4n) is 2.88. The van der Waals surface area contributed by atoms with E-state index >= 15 is 0 Å². The zero-order valence-electron chi connectivity index (χ0n) is 13.9. The fraction of sp³-hybridized carbons (Fsp3) is 0.333. The molecule has 0 bridgehead atoms. The third kappa shape index (κ3) is 4.04. The average Bonchev–Trinajstić information content (AvgIpc) is 2.54. The Kier molecular flexibility index (Phi) is 6.33. The van der Waals surface area contributed by atoms with E-state index in [9.17, 15) is 0 Å². The normalized spacial score (nSPS) is 15.9. The van der Waals surface area contributed by atoms with E-state index in [1.54, 1.807) is 0 Å². The van der Waals surface area contributed by atoms with E-state index in [2.05, 4.69) is 75.9 Å². The summed E-state index contributed by atoms with van der Waals surface area (Å²) in [5, 5.41) is 0.340. The molecule has 1 aliphatic carbocycles. The summed E-state index contributed by atoms with van der Waals surface area (Å²) in [4.78, 5) is 1.17. The predicted molar refractivity (Wildman–Crippen MR) is 102 cm³/mol. The molecule has 1 aromatic rings. The molecule has 1 aromatic carbocycles. The zero-order chi connectivity index (χ0) is 15.9. The van der Waals surface area contributed by atoms with Crippen molar-refractivity contribution in [3.8, 4) is 0 Å². The van der Waals surface area contributed by atoms with Crippen molar-refractivity contribution in [2.24, 2.45) is 0 Å². The smallest absolute Gasteiger partial charge is 0.0593 e. The van der Waals surface area contributed by atoms with Gasteiger partial charge < -0.3 is 0 Å². The van der Waals surface area contributed by atoms with Crippen LogP contribution in [0.2, 0.25) is 0 Å². The monoisotopic (exact) mass is 310 g/mol. The summed E-state index contributed by atoms with van der Waals surface area (Å²) in [5.74, 6) is 0. The van der Waals surface area contributed by atoms with Gasteiger partial charge in [-0.25, -0.2) is 0 Å². The number of benzene rings is 1. The number of thioether (sulfide) groups is 1. The number of aryl methyl sites for hydroxylation is 1. The first-order chi connectivity index (χ1) is 10.7. The summed E-state index contributed by atoms with van der Waals surface area (Å²) in [6.45, 7) is 10.6. The highest BCUT2D eigenvalue weighted by atomic mass is 32.2. The lowest BCUT2D eigenvalue weighted by Gasteiger charge is -2.23. The topological polar surface area (TPSA) is 0 Å². The Morgan fingerprint density at radius 1 is 1.36 bits per heavy atom. The zero-order valence-corrected chi connectivity index (χ0v) is 14.7. The largest absolute Gasteiger partial charge is 0.118 e. The molecule has 0 nitrogen and oxygen atoms in total. The van der Waals surface area contributed by atoms with Crippen molar-refractivity contribution in [2.75, 3.05) is 0 Å². The van der Waals surface area contributed by atoms with Crippen LogP contribution in [0.3, 0.4) is 0 Å². The van der Waals surface area contributed by atoms with Gasteiger partial charge in [-0.2, -0.15) is 0 Å². The van der Waals surface area contributed by atoms with Gasteiger partial charge in [0.1, 0.15) is 0 Å². The van der Waals surface area contributed by atoms with Crippen LogP contribution in [-0.4, -0.2) is 0 Å². The van der Waals surface area contributed by atoms with Gasteiger partial charge in [-0.1, -0.05) is 62.1 Å². The molecule has 0 heterocycles. The lowest BCUT2D eigenvalue weighted by Crippen LogP contribution is -2.03. The van der Waals surface area contributed by atoms with Gasteiger partial charge in [0.2, 0.25) is 0 Å². The number of rotatable bonds is 6. The Labute approximate surface area is 139 Å². The van der Waals surface area contributed by atoms with Crippen molar-refractivity contribution in [2.45, 2.75) is 45.3 Å². The quantitative estimate of drug-likeness (QED) is 0.552. The molecule has 0 spiro atoms. The molecule has 0 N–H and O–H groups in total. The van der Waals surface area contributed by atoms with Crippen LogP contribution in [0.4, 0.5) is 0 Å². The van der Waals surface area contributed by atoms with Crippen LogP contribution in [0.1, 0.15) is 55.6 Å². The summed E-state index contributed by atoms with van der Waals surface area (Å²) >= 11 is 1.87. The van der Waals surface area contributed by atoms with Crippen LogP contribution in [0.25, 0.3) is 6.08 Å². The molecule has 116 valence electrons. The van der Waals surface area contributed by atoms with Gasteiger partial charge in [-0.15, -0.1) is 11.8 Å². The molecule has 0 amide bonds. The van der Waals surface area contributed by atoms with Gasteiger partial charge in [-0.3, -0.25) is 0 Å². The van der Waals surface area contributed by atoms with E-state index in [-0.39, 0.29) is 0 Å². The summed E-state index contributed by atoms with van der Waals surface area (Å²) in [5.41, 5.74) is 5.62. The molecule has 22 heavy (non-hydrogen) atoms. The van der Waals surface area contributed by atoms with Crippen molar-refractivity contribution in [1.29, 1.82) is 0 Å². The molecule has 2 rings (SSSR count). The van der Waals surface area contributed by atoms with Gasteiger partial charge in [-0.05, 0) is 60.3 Å². The Balaban J connectivity index is 2.53. The Morgan fingerprint density at radius 2 is 2.18 bits per heavy atom. The lowest BCUT2D eigenvalue weighted by atomic mass is 9.92. The second-order valence-corrected chi connectivity index (χ2v) is 7.06. The van der Waals surface area contributed by atoms with Crippen molar-refractivity contribution in [1.82, 2.24) is 0 Å². The summed E-state index contributed by atoms with van der Waals surface area (Å²) in [6, 6.07) is 6.71. The van der Waals surface area contributed by atoms with E-state index in [1.807, 2.05) is 11.8 Å². The molecule has 0 radical (unpaired) electrons. The maximum atomic E-state index is 4.13. The molecule has 0 aliphatic heterocycles. The second kappa shape index (κ2) is 8.24. The van der Waals surface area contributed by atoms with E-state index in [0.29, 0.717) is 5.25 Å². The number of hydrogen-bond acceptors (Lipinski definition) is 1. The standard InChI is InChI=1S/C21H26S/c1-5-11-19-17(6-2)14-10-15-20(19)21(22-16(3)4)18-12-8-7-9-13-18/h5,8,10-15,21H,3,6-7,9H2,1-2,4H3/b11-5-. The van der Waals surface area contributed by atoms with Gasteiger partial charge in [0.05, 0.1) is 5.25 Å². The number of allylic oxidation sites excluding steroid dienone is 5. The second-order valence-electron chi connectivity index (χ2n) is 5.66. The van der Waals surface area contributed by atoms with Gasteiger partial charge in [0, 0.05) is 0 Å². The highest BCUT2D eigenvalue weighted by molar-refractivity contribution is 8.03. The fourth-order valence-corrected chi connectivity index (χ4v) is 3.93. The van der Waals surface area contributed by atoms with Crippen molar-refractivity contribution in [3.05, 3.63) is 76.3 Å². The predicted octanol–water partition coefficient (Wildman–Crippen LogP) is 6.87. The average molecular weight is 311 g/mol. The molecule has 1 atom stereocenters. The highest BCUT2D eigenvalue weighted by Crippen LogP contribution is 2.43. The molecular formula is C21H26S. The van der Waals surface area contributed by atoms with Crippen molar-refractivity contribution < 1.29 is 0 Å². The van der Waals surface area contributed by atoms with Crippen LogP contribution < -0.4 is 0 Å². The molecule has 1 heteroatoms. The van der Waals surface area contributed by atoms with Gasteiger partial charge in [0.15, 0.2) is 0 Å². The SMILES string of the molecule is C=C(C)SC(C1=CCCC=C1)c1cccc(CC)c1/C=C\C. The molecule has 0 saturated carbocycles. The minimum Gasteiger partial charge on any atom is -0.118 e. The summed E-state index contributed by atoms with van der Waals surface area (Å²) < 4.78 is 0.